The number of rotatable bonds is 10. The van der Waals surface area contributed by atoms with Crippen LogP contribution in [0.4, 0.5) is 0 Å². The van der Waals surface area contributed by atoms with Gasteiger partial charge in [0.25, 0.3) is 5.91 Å². The molecule has 0 bridgehead atoms. The van der Waals surface area contributed by atoms with Crippen molar-refractivity contribution >= 4 is 17.8 Å². The maximum absolute atomic E-state index is 12.9. The molecule has 2 aliphatic carbocycles. The summed E-state index contributed by atoms with van der Waals surface area (Å²) in [6.45, 7) is 6.52. The summed E-state index contributed by atoms with van der Waals surface area (Å²) >= 11 is 0. The fourth-order valence-corrected chi connectivity index (χ4v) is 5.26. The number of ketones is 1. The number of nitrogens with zero attached hydrogens (tertiary/aromatic N) is 3. The van der Waals surface area contributed by atoms with Crippen LogP contribution < -0.4 is 10.1 Å². The third-order valence-electron chi connectivity index (χ3n) is 7.00. The van der Waals surface area contributed by atoms with Crippen molar-refractivity contribution in [2.45, 2.75) is 33.2 Å². The molecule has 1 amide bonds. The summed E-state index contributed by atoms with van der Waals surface area (Å²) in [5.74, 6) is 0.625. The van der Waals surface area contributed by atoms with E-state index in [0.717, 1.165) is 34.6 Å². The minimum atomic E-state index is -0.252. The first-order valence-corrected chi connectivity index (χ1v) is 13.6. The van der Waals surface area contributed by atoms with Gasteiger partial charge in [-0.1, -0.05) is 62.4 Å². The number of benzene rings is 2. The van der Waals surface area contributed by atoms with Gasteiger partial charge in [-0.05, 0) is 61.0 Å². The first kappa shape index (κ1) is 27.3. The Morgan fingerprint density at radius 3 is 2.70 bits per heavy atom. The van der Waals surface area contributed by atoms with Gasteiger partial charge in [-0.2, -0.15) is 5.10 Å². The molecule has 0 saturated carbocycles. The van der Waals surface area contributed by atoms with Crippen molar-refractivity contribution in [2.75, 3.05) is 27.2 Å². The molecule has 0 spiro atoms. The lowest BCUT2D eigenvalue weighted by atomic mass is 9.93. The van der Waals surface area contributed by atoms with E-state index in [0.29, 0.717) is 36.4 Å². The molecule has 0 fully saturated rings. The molecule has 1 heterocycles. The van der Waals surface area contributed by atoms with E-state index in [4.69, 9.17) is 4.74 Å². The predicted molar refractivity (Wildman–Crippen MR) is 157 cm³/mol. The van der Waals surface area contributed by atoms with Crippen molar-refractivity contribution in [3.05, 3.63) is 112 Å². The largest absolute Gasteiger partial charge is 0.493 e. The fourth-order valence-electron chi connectivity index (χ4n) is 5.26. The third-order valence-corrected chi connectivity index (χ3v) is 7.00. The summed E-state index contributed by atoms with van der Waals surface area (Å²) in [5, 5.41) is 7.28. The second-order valence-electron chi connectivity index (χ2n) is 11.6. The van der Waals surface area contributed by atoms with Crippen LogP contribution in [-0.2, 0) is 17.8 Å². The molecule has 5 rings (SSSR count). The highest BCUT2D eigenvalue weighted by Crippen LogP contribution is 2.34. The van der Waals surface area contributed by atoms with E-state index in [-0.39, 0.29) is 23.5 Å². The molecule has 2 aromatic carbocycles. The van der Waals surface area contributed by atoms with E-state index in [1.165, 1.54) is 0 Å². The van der Waals surface area contributed by atoms with Crippen LogP contribution in [0.25, 0.3) is 6.08 Å². The van der Waals surface area contributed by atoms with Crippen molar-refractivity contribution in [2.24, 2.45) is 5.41 Å². The van der Waals surface area contributed by atoms with Gasteiger partial charge in [0.05, 0.1) is 24.9 Å². The topological polar surface area (TPSA) is 76.5 Å². The van der Waals surface area contributed by atoms with Gasteiger partial charge < -0.3 is 15.0 Å². The summed E-state index contributed by atoms with van der Waals surface area (Å²) in [6.07, 6.45) is 9.84. The summed E-state index contributed by atoms with van der Waals surface area (Å²) in [7, 11) is 4.13. The van der Waals surface area contributed by atoms with Crippen molar-refractivity contribution in [3.63, 3.8) is 0 Å². The monoisotopic (exact) mass is 536 g/mol. The van der Waals surface area contributed by atoms with Crippen molar-refractivity contribution in [1.82, 2.24) is 20.0 Å². The van der Waals surface area contributed by atoms with E-state index in [1.807, 2.05) is 42.5 Å². The molecule has 7 nitrogen and oxygen atoms in total. The molecule has 0 unspecified atom stereocenters. The zero-order chi connectivity index (χ0) is 28.3. The predicted octanol–water partition coefficient (Wildman–Crippen LogP) is 5.05. The normalized spacial score (nSPS) is 14.9. The molecule has 206 valence electrons. The summed E-state index contributed by atoms with van der Waals surface area (Å²) in [6, 6.07) is 16.1. The van der Waals surface area contributed by atoms with Gasteiger partial charge in [0.15, 0.2) is 5.78 Å². The fraction of sp³-hybridized carbons (Fsp3) is 0.303. The zero-order valence-electron chi connectivity index (χ0n) is 23.6. The molecule has 2 aliphatic rings. The number of allylic oxidation sites excluding steroid dienone is 4. The van der Waals surface area contributed by atoms with Gasteiger partial charge in [-0.3, -0.25) is 14.3 Å². The van der Waals surface area contributed by atoms with Crippen LogP contribution in [0.2, 0.25) is 0 Å². The highest BCUT2D eigenvalue weighted by molar-refractivity contribution is 6.04. The second-order valence-corrected chi connectivity index (χ2v) is 11.6. The average molecular weight is 537 g/mol. The maximum atomic E-state index is 12.9. The van der Waals surface area contributed by atoms with E-state index >= 15 is 0 Å². The molecule has 7 heteroatoms. The second kappa shape index (κ2) is 11.5. The third kappa shape index (κ3) is 6.66. The Morgan fingerprint density at radius 2 is 1.93 bits per heavy atom. The van der Waals surface area contributed by atoms with Crippen LogP contribution in [-0.4, -0.2) is 53.6 Å². The quantitative estimate of drug-likeness (QED) is 0.393. The molecule has 0 radical (unpaired) electrons. The van der Waals surface area contributed by atoms with Gasteiger partial charge in [0.1, 0.15) is 5.75 Å². The Morgan fingerprint density at radius 1 is 1.12 bits per heavy atom. The van der Waals surface area contributed by atoms with E-state index in [1.54, 1.807) is 29.2 Å². The van der Waals surface area contributed by atoms with E-state index in [2.05, 4.69) is 55.4 Å². The van der Waals surface area contributed by atoms with Crippen molar-refractivity contribution < 1.29 is 14.3 Å². The average Bonchev–Trinajstić information content (AvgIpc) is 3.55. The van der Waals surface area contributed by atoms with Crippen LogP contribution in [0.3, 0.4) is 0 Å². The highest BCUT2D eigenvalue weighted by atomic mass is 16.5. The molecule has 40 heavy (non-hydrogen) atoms. The molecule has 1 aromatic heterocycles. The van der Waals surface area contributed by atoms with Gasteiger partial charge >= 0.3 is 0 Å². The van der Waals surface area contributed by atoms with Gasteiger partial charge in [0, 0.05) is 35.8 Å². The minimum absolute atomic E-state index is 0.0244. The lowest BCUT2D eigenvalue weighted by Crippen LogP contribution is -2.33. The first-order chi connectivity index (χ1) is 19.1. The molecule has 0 atom stereocenters. The smallest absolute Gasteiger partial charge is 0.258 e. The molecule has 1 N–H and O–H groups in total. The van der Waals surface area contributed by atoms with Gasteiger partial charge in [-0.25, -0.2) is 0 Å². The molecular weight excluding hydrogens is 500 g/mol. The lowest BCUT2D eigenvalue weighted by molar-refractivity contribution is -0.114. The lowest BCUT2D eigenvalue weighted by Gasteiger charge is -2.28. The minimum Gasteiger partial charge on any atom is -0.493 e. The highest BCUT2D eigenvalue weighted by Gasteiger charge is 2.25. The standard InChI is InChI=1S/C33H36N4O3/c1-33(2,21-36(3)4)22-40-29-12-10-24-14-26(15-25(24)16-29)30-17-28(11-13-31(30)38)35-32(39)27-18-34-37(20-27)19-23-8-6-5-7-9-23/h5-12,15-18,20H,13-14,19,21-22H2,1-4H3,(H,35,39). The number of nitrogens with one attached hydrogen (secondary N) is 1. The van der Waals surface area contributed by atoms with Crippen molar-refractivity contribution in [1.29, 1.82) is 0 Å². The summed E-state index contributed by atoms with van der Waals surface area (Å²) in [5.41, 5.74) is 6.06. The number of Topliss-reactive ketones (excluding diaryl/α,β-unsaturated/α-hetero) is 1. The number of ether oxygens (including phenoxy) is 1. The zero-order valence-corrected chi connectivity index (χ0v) is 23.6. The molecular formula is C33H36N4O3. The Bertz CT molecular complexity index is 1510. The number of carbonyl (C=O) groups excluding carboxylic acids is 2. The number of aromatic nitrogens is 2. The van der Waals surface area contributed by atoms with Gasteiger partial charge in [0.2, 0.25) is 0 Å². The molecule has 0 aliphatic heterocycles. The number of hydrogen-bond donors (Lipinski definition) is 1. The first-order valence-electron chi connectivity index (χ1n) is 13.6. The van der Waals surface area contributed by atoms with Crippen LogP contribution in [0, 0.1) is 5.41 Å². The summed E-state index contributed by atoms with van der Waals surface area (Å²) < 4.78 is 7.88. The van der Waals surface area contributed by atoms with E-state index < -0.39 is 0 Å². The SMILES string of the molecule is CN(C)CC(C)(C)COc1ccc2c(c1)C=C(C1=CC(NC(=O)c3cnn(Cc4ccccc4)c3)=CCC1=O)C2. The van der Waals surface area contributed by atoms with Crippen LogP contribution in [0.15, 0.2) is 89.9 Å². The summed E-state index contributed by atoms with van der Waals surface area (Å²) in [4.78, 5) is 28.0. The number of amides is 1. The Hall–Kier alpha value is -4.23. The van der Waals surface area contributed by atoms with Gasteiger partial charge in [-0.15, -0.1) is 0 Å². The van der Waals surface area contributed by atoms with Crippen LogP contribution in [0.5, 0.6) is 5.75 Å². The molecule has 0 saturated heterocycles. The Labute approximate surface area is 235 Å². The number of hydrogen-bond acceptors (Lipinski definition) is 5. The van der Waals surface area contributed by atoms with Crippen molar-refractivity contribution in [3.8, 4) is 5.75 Å². The van der Waals surface area contributed by atoms with E-state index in [9.17, 15) is 9.59 Å². The number of fused-ring (bicyclic) bond motifs is 1. The van der Waals surface area contributed by atoms with Crippen LogP contribution >= 0.6 is 0 Å². The van der Waals surface area contributed by atoms with Crippen LogP contribution in [0.1, 0.15) is 47.3 Å². The Balaban J connectivity index is 1.24. The molecule has 3 aromatic rings. The number of carbonyl (C=O) groups is 2. The maximum Gasteiger partial charge on any atom is 0.258 e. The Kier molecular flexibility index (Phi) is 7.85.